The molecule has 0 heterocycles. The van der Waals surface area contributed by atoms with Crippen molar-refractivity contribution in [2.45, 2.75) is 4.90 Å². The summed E-state index contributed by atoms with van der Waals surface area (Å²) in [6.07, 6.45) is 0. The average molecular weight is 230 g/mol. The maximum absolute atomic E-state index is 12.8. The van der Waals surface area contributed by atoms with Crippen LogP contribution in [-0.4, -0.2) is 15.9 Å². The molecule has 0 bridgehead atoms. The topological polar surface area (TPSA) is 49.4 Å². The molecule has 1 unspecified atom stereocenters. The summed E-state index contributed by atoms with van der Waals surface area (Å²) < 4.78 is 50.8. The standard InChI is InChI=1S/C7H6F2O3S.Na/c1-12-6-3-4(8)2-5(9)7(6)13(10)11;/h2-3H,1H3,(H,10,11);/q;+1/p-1. The summed E-state index contributed by atoms with van der Waals surface area (Å²) in [6.45, 7) is 0. The van der Waals surface area contributed by atoms with E-state index in [1.807, 2.05) is 0 Å². The van der Waals surface area contributed by atoms with Crippen molar-refractivity contribution in [1.82, 2.24) is 0 Å². The average Bonchev–Trinajstić information content (AvgIpc) is 2.01. The van der Waals surface area contributed by atoms with Crippen molar-refractivity contribution in [1.29, 1.82) is 0 Å². The van der Waals surface area contributed by atoms with Crippen LogP contribution in [0.5, 0.6) is 5.75 Å². The predicted molar refractivity (Wildman–Crippen MR) is 40.1 cm³/mol. The molecule has 72 valence electrons. The normalized spacial score (nSPS) is 11.7. The molecule has 1 rings (SSSR count). The van der Waals surface area contributed by atoms with Crippen LogP contribution in [0, 0.1) is 11.6 Å². The number of benzene rings is 1. The molecule has 14 heavy (non-hydrogen) atoms. The molecule has 1 aromatic carbocycles. The third-order valence-corrected chi connectivity index (χ3v) is 2.09. The molecule has 1 atom stereocenters. The summed E-state index contributed by atoms with van der Waals surface area (Å²) in [6, 6.07) is 1.28. The van der Waals surface area contributed by atoms with Gasteiger partial charge in [0.25, 0.3) is 0 Å². The van der Waals surface area contributed by atoms with Gasteiger partial charge in [-0.15, -0.1) is 0 Å². The Labute approximate surface area is 104 Å². The number of ether oxygens (including phenoxy) is 1. The zero-order valence-corrected chi connectivity index (χ0v) is 10.4. The molecule has 0 saturated carbocycles. The van der Waals surface area contributed by atoms with E-state index in [4.69, 9.17) is 0 Å². The van der Waals surface area contributed by atoms with Gasteiger partial charge in [-0.3, -0.25) is 4.21 Å². The molecule has 7 heteroatoms. The van der Waals surface area contributed by atoms with Crippen molar-refractivity contribution in [2.75, 3.05) is 7.11 Å². The quantitative estimate of drug-likeness (QED) is 0.445. The van der Waals surface area contributed by atoms with Crippen LogP contribution in [0.15, 0.2) is 17.0 Å². The van der Waals surface area contributed by atoms with Gasteiger partial charge in [-0.05, 0) is 11.1 Å². The fraction of sp³-hybridized carbons (Fsp3) is 0.143. The van der Waals surface area contributed by atoms with Gasteiger partial charge in [0, 0.05) is 12.1 Å². The van der Waals surface area contributed by atoms with E-state index in [1.165, 1.54) is 0 Å². The number of methoxy groups -OCH3 is 1. The Morgan fingerprint density at radius 3 is 2.43 bits per heavy atom. The maximum Gasteiger partial charge on any atom is 1.00 e. The number of hydrogen-bond acceptors (Lipinski definition) is 3. The Hall–Kier alpha value is -0.0100. The van der Waals surface area contributed by atoms with E-state index in [1.54, 1.807) is 0 Å². The van der Waals surface area contributed by atoms with Crippen LogP contribution < -0.4 is 34.3 Å². The van der Waals surface area contributed by atoms with Crippen molar-refractivity contribution in [3.63, 3.8) is 0 Å². The van der Waals surface area contributed by atoms with Crippen molar-refractivity contribution in [3.05, 3.63) is 23.8 Å². The minimum absolute atomic E-state index is 0. The van der Waals surface area contributed by atoms with Crippen LogP contribution in [0.2, 0.25) is 0 Å². The molecule has 0 aliphatic carbocycles. The van der Waals surface area contributed by atoms with Crippen LogP contribution >= 0.6 is 0 Å². The van der Waals surface area contributed by atoms with Gasteiger partial charge in [0.2, 0.25) is 0 Å². The molecule has 3 nitrogen and oxygen atoms in total. The minimum Gasteiger partial charge on any atom is -0.768 e. The van der Waals surface area contributed by atoms with Gasteiger partial charge in [-0.25, -0.2) is 8.78 Å². The van der Waals surface area contributed by atoms with Crippen LogP contribution in [0.3, 0.4) is 0 Å². The molecule has 0 amide bonds. The minimum atomic E-state index is -2.78. The number of halogens is 2. The van der Waals surface area contributed by atoms with E-state index in [9.17, 15) is 17.5 Å². The first-order valence-corrected chi connectivity index (χ1v) is 4.26. The monoisotopic (exact) mass is 230 g/mol. The van der Waals surface area contributed by atoms with E-state index in [0.717, 1.165) is 13.2 Å². The molecular weight excluding hydrogens is 225 g/mol. The second kappa shape index (κ2) is 5.77. The van der Waals surface area contributed by atoms with Crippen molar-refractivity contribution < 1.29 is 51.8 Å². The van der Waals surface area contributed by atoms with Crippen LogP contribution in [-0.2, 0) is 11.1 Å². The smallest absolute Gasteiger partial charge is 0.768 e. The van der Waals surface area contributed by atoms with Gasteiger partial charge in [-0.1, -0.05) is 0 Å². The summed E-state index contributed by atoms with van der Waals surface area (Å²) in [5.74, 6) is -2.39. The van der Waals surface area contributed by atoms with Crippen LogP contribution in [0.4, 0.5) is 8.78 Å². The summed E-state index contributed by atoms with van der Waals surface area (Å²) >= 11 is -2.78. The first-order chi connectivity index (χ1) is 6.06. The molecule has 0 spiro atoms. The summed E-state index contributed by atoms with van der Waals surface area (Å²) in [5.41, 5.74) is 0. The predicted octanol–water partition coefficient (Wildman–Crippen LogP) is -1.78. The second-order valence-electron chi connectivity index (χ2n) is 2.15. The van der Waals surface area contributed by atoms with Gasteiger partial charge in [0.1, 0.15) is 22.3 Å². The fourth-order valence-corrected chi connectivity index (χ4v) is 1.37. The Morgan fingerprint density at radius 1 is 1.43 bits per heavy atom. The summed E-state index contributed by atoms with van der Waals surface area (Å²) in [5, 5.41) is 0. The van der Waals surface area contributed by atoms with Crippen molar-refractivity contribution in [2.24, 2.45) is 0 Å². The number of rotatable bonds is 2. The van der Waals surface area contributed by atoms with E-state index < -0.39 is 27.6 Å². The van der Waals surface area contributed by atoms with E-state index >= 15 is 0 Å². The Bertz CT molecular complexity index is 359. The van der Waals surface area contributed by atoms with Crippen LogP contribution in [0.25, 0.3) is 0 Å². The summed E-state index contributed by atoms with van der Waals surface area (Å²) in [4.78, 5) is -0.663. The summed E-state index contributed by atoms with van der Waals surface area (Å²) in [7, 11) is 1.13. The Kier molecular flexibility index (Phi) is 5.77. The Morgan fingerprint density at radius 2 is 2.00 bits per heavy atom. The van der Waals surface area contributed by atoms with Gasteiger partial charge < -0.3 is 9.29 Å². The molecule has 0 saturated heterocycles. The first kappa shape index (κ1) is 14.0. The molecule has 0 fully saturated rings. The van der Waals surface area contributed by atoms with Crippen LogP contribution in [0.1, 0.15) is 0 Å². The zero-order chi connectivity index (χ0) is 10.0. The maximum atomic E-state index is 12.8. The Balaban J connectivity index is 0.00000169. The van der Waals surface area contributed by atoms with Crippen molar-refractivity contribution in [3.8, 4) is 5.75 Å². The molecule has 0 radical (unpaired) electrons. The second-order valence-corrected chi connectivity index (χ2v) is 3.03. The third kappa shape index (κ3) is 2.99. The van der Waals surface area contributed by atoms with Crippen molar-refractivity contribution >= 4 is 11.1 Å². The zero-order valence-electron chi connectivity index (χ0n) is 7.54. The molecule has 0 aliphatic heterocycles. The van der Waals surface area contributed by atoms with E-state index in [0.29, 0.717) is 6.07 Å². The molecule has 0 N–H and O–H groups in total. The fourth-order valence-electron chi connectivity index (χ4n) is 0.850. The molecule has 0 aliphatic rings. The SMILES string of the molecule is COc1cc(F)cc(F)c1S(=O)[O-].[Na+]. The molecule has 1 aromatic rings. The molecule has 0 aromatic heterocycles. The third-order valence-electron chi connectivity index (χ3n) is 1.36. The van der Waals surface area contributed by atoms with Gasteiger partial charge in [0.05, 0.1) is 7.11 Å². The van der Waals surface area contributed by atoms with Gasteiger partial charge in [0.15, 0.2) is 0 Å². The van der Waals surface area contributed by atoms with E-state index in [-0.39, 0.29) is 35.3 Å². The largest absolute Gasteiger partial charge is 1.00 e. The van der Waals surface area contributed by atoms with Gasteiger partial charge in [-0.2, -0.15) is 0 Å². The first-order valence-electron chi connectivity index (χ1n) is 3.18. The van der Waals surface area contributed by atoms with E-state index in [2.05, 4.69) is 4.74 Å². The van der Waals surface area contributed by atoms with Gasteiger partial charge >= 0.3 is 29.6 Å². The molecular formula is C7H5F2NaO3S. The number of hydrogen-bond donors (Lipinski definition) is 0.